The number of anilines is 2. The molecule has 0 unspecified atom stereocenters. The summed E-state index contributed by atoms with van der Waals surface area (Å²) in [5, 5.41) is 8.76. The van der Waals surface area contributed by atoms with Crippen molar-refractivity contribution in [3.63, 3.8) is 0 Å². The van der Waals surface area contributed by atoms with Crippen LogP contribution < -0.4 is 9.80 Å². The Hall–Kier alpha value is -1.88. The van der Waals surface area contributed by atoms with Gasteiger partial charge in [-0.2, -0.15) is 0 Å². The number of likely N-dealkylation sites (N-methyl/N-ethyl adjacent to an activating group) is 1. The summed E-state index contributed by atoms with van der Waals surface area (Å²) in [6.07, 6.45) is 0.480. The Morgan fingerprint density at radius 3 is 2.89 bits per heavy atom. The maximum atomic E-state index is 11.7. The van der Waals surface area contributed by atoms with Crippen LogP contribution in [0.4, 0.5) is 11.4 Å². The molecule has 0 saturated heterocycles. The number of amides is 2. The van der Waals surface area contributed by atoms with E-state index in [-0.39, 0.29) is 24.8 Å². The van der Waals surface area contributed by atoms with Gasteiger partial charge in [0.05, 0.1) is 19.4 Å². The third-order valence-corrected chi connectivity index (χ3v) is 3.23. The Morgan fingerprint density at radius 2 is 2.22 bits per heavy atom. The fourth-order valence-corrected chi connectivity index (χ4v) is 2.07. The zero-order valence-electron chi connectivity index (χ0n) is 10.5. The van der Waals surface area contributed by atoms with Crippen molar-refractivity contribution in [1.29, 1.82) is 0 Å². The predicted octanol–water partition coefficient (Wildman–Crippen LogP) is 0.551. The molecule has 1 aliphatic rings. The number of hydrogen-bond donors (Lipinski definition) is 1. The Balaban J connectivity index is 2.25. The number of rotatable bonds is 3. The van der Waals surface area contributed by atoms with Crippen LogP contribution in [0.3, 0.4) is 0 Å². The summed E-state index contributed by atoms with van der Waals surface area (Å²) in [6, 6.07) is 5.51. The highest BCUT2D eigenvalue weighted by molar-refractivity contribution is 6.02. The number of benzene rings is 1. The number of carbonyl (C=O) groups excluding carboxylic acids is 2. The number of nitrogens with zero attached hydrogens (tertiary/aromatic N) is 2. The van der Waals surface area contributed by atoms with Crippen molar-refractivity contribution in [2.24, 2.45) is 0 Å². The minimum atomic E-state index is -0.157. The van der Waals surface area contributed by atoms with Gasteiger partial charge in [-0.25, -0.2) is 0 Å². The zero-order valence-corrected chi connectivity index (χ0v) is 10.5. The summed E-state index contributed by atoms with van der Waals surface area (Å²) in [5.74, 6) is -0.0818. The maximum absolute atomic E-state index is 11.7. The molecule has 1 aromatic rings. The summed E-state index contributed by atoms with van der Waals surface area (Å²) in [7, 11) is 3.41. The first kappa shape index (κ1) is 12.6. The second-order valence-corrected chi connectivity index (χ2v) is 4.37. The van der Waals surface area contributed by atoms with Crippen LogP contribution in [0.1, 0.15) is 12.0 Å². The summed E-state index contributed by atoms with van der Waals surface area (Å²) in [5.41, 5.74) is 2.57. The minimum Gasteiger partial charge on any atom is -0.396 e. The van der Waals surface area contributed by atoms with E-state index in [0.29, 0.717) is 6.42 Å². The van der Waals surface area contributed by atoms with E-state index in [0.717, 1.165) is 16.9 Å². The highest BCUT2D eigenvalue weighted by Gasteiger charge is 2.24. The van der Waals surface area contributed by atoms with Crippen LogP contribution in [0, 0.1) is 0 Å². The molecule has 0 saturated carbocycles. The van der Waals surface area contributed by atoms with Gasteiger partial charge in [0.25, 0.3) is 0 Å². The maximum Gasteiger partial charge on any atom is 0.231 e. The number of aliphatic hydroxyl groups is 1. The molecule has 5 heteroatoms. The van der Waals surface area contributed by atoms with Crippen molar-refractivity contribution < 1.29 is 14.7 Å². The molecular formula is C13H16N2O3. The van der Waals surface area contributed by atoms with Crippen LogP contribution in [0.15, 0.2) is 18.2 Å². The Bertz CT molecular complexity index is 499. The standard InChI is InChI=1S/C13H16N2O3/c1-14(12(17)5-6-16)10-3-4-11-9(7-10)8-13(18)15(11)2/h3-4,7,16H,5-6,8H2,1-2H3. The molecule has 0 bridgehead atoms. The minimum absolute atomic E-state index is 0.0616. The van der Waals surface area contributed by atoms with Crippen LogP contribution in [0.5, 0.6) is 0 Å². The molecule has 1 aromatic carbocycles. The summed E-state index contributed by atoms with van der Waals surface area (Å²) in [4.78, 5) is 26.3. The van der Waals surface area contributed by atoms with Gasteiger partial charge in [0.15, 0.2) is 0 Å². The van der Waals surface area contributed by atoms with E-state index in [1.165, 1.54) is 4.90 Å². The second-order valence-electron chi connectivity index (χ2n) is 4.37. The first-order chi connectivity index (χ1) is 8.54. The molecule has 2 amide bonds. The molecule has 0 fully saturated rings. The molecule has 0 aromatic heterocycles. The van der Waals surface area contributed by atoms with E-state index < -0.39 is 0 Å². The molecule has 0 radical (unpaired) electrons. The van der Waals surface area contributed by atoms with Crippen molar-refractivity contribution >= 4 is 23.2 Å². The van der Waals surface area contributed by atoms with Crippen molar-refractivity contribution in [2.75, 3.05) is 30.5 Å². The lowest BCUT2D eigenvalue weighted by atomic mass is 10.1. The lowest BCUT2D eigenvalue weighted by Crippen LogP contribution is -2.26. The number of fused-ring (bicyclic) bond motifs is 1. The monoisotopic (exact) mass is 248 g/mol. The SMILES string of the molecule is CN(C(=O)CCO)c1ccc2c(c1)CC(=O)N2C. The molecular weight excluding hydrogens is 232 g/mol. The fourth-order valence-electron chi connectivity index (χ4n) is 2.07. The summed E-state index contributed by atoms with van der Waals surface area (Å²) >= 11 is 0. The molecule has 5 nitrogen and oxygen atoms in total. The first-order valence-electron chi connectivity index (χ1n) is 5.81. The zero-order chi connectivity index (χ0) is 13.3. The Morgan fingerprint density at radius 1 is 1.50 bits per heavy atom. The number of aliphatic hydroxyl groups excluding tert-OH is 1. The average molecular weight is 248 g/mol. The molecule has 1 heterocycles. The topological polar surface area (TPSA) is 60.9 Å². The molecule has 1 aliphatic heterocycles. The van der Waals surface area contributed by atoms with E-state index in [1.54, 1.807) is 19.0 Å². The lowest BCUT2D eigenvalue weighted by molar-refractivity contribution is -0.119. The van der Waals surface area contributed by atoms with Gasteiger partial charge in [-0.05, 0) is 23.8 Å². The molecule has 1 N–H and O–H groups in total. The van der Waals surface area contributed by atoms with Crippen molar-refractivity contribution in [3.8, 4) is 0 Å². The van der Waals surface area contributed by atoms with Crippen molar-refractivity contribution in [1.82, 2.24) is 0 Å². The van der Waals surface area contributed by atoms with E-state index in [4.69, 9.17) is 5.11 Å². The Labute approximate surface area is 106 Å². The third-order valence-electron chi connectivity index (χ3n) is 3.23. The molecule has 96 valence electrons. The number of hydrogen-bond acceptors (Lipinski definition) is 3. The molecule has 0 spiro atoms. The average Bonchev–Trinajstić information content (AvgIpc) is 2.64. The smallest absolute Gasteiger partial charge is 0.231 e. The van der Waals surface area contributed by atoms with Crippen molar-refractivity contribution in [2.45, 2.75) is 12.8 Å². The highest BCUT2D eigenvalue weighted by Crippen LogP contribution is 2.31. The van der Waals surface area contributed by atoms with E-state index in [9.17, 15) is 9.59 Å². The van der Waals surface area contributed by atoms with Gasteiger partial charge < -0.3 is 14.9 Å². The third kappa shape index (κ3) is 2.09. The predicted molar refractivity (Wildman–Crippen MR) is 68.7 cm³/mol. The second kappa shape index (κ2) is 4.78. The molecule has 0 atom stereocenters. The van der Waals surface area contributed by atoms with Crippen LogP contribution in [-0.2, 0) is 16.0 Å². The van der Waals surface area contributed by atoms with Crippen LogP contribution >= 0.6 is 0 Å². The first-order valence-corrected chi connectivity index (χ1v) is 5.81. The lowest BCUT2D eigenvalue weighted by Gasteiger charge is -2.18. The van der Waals surface area contributed by atoms with E-state index in [1.807, 2.05) is 18.2 Å². The quantitative estimate of drug-likeness (QED) is 0.849. The van der Waals surface area contributed by atoms with Crippen LogP contribution in [0.25, 0.3) is 0 Å². The van der Waals surface area contributed by atoms with Gasteiger partial charge in [-0.15, -0.1) is 0 Å². The van der Waals surface area contributed by atoms with Gasteiger partial charge in [0.1, 0.15) is 0 Å². The summed E-state index contributed by atoms with van der Waals surface area (Å²) in [6.45, 7) is -0.157. The van der Waals surface area contributed by atoms with E-state index >= 15 is 0 Å². The van der Waals surface area contributed by atoms with Gasteiger partial charge in [0, 0.05) is 25.5 Å². The van der Waals surface area contributed by atoms with Crippen molar-refractivity contribution in [3.05, 3.63) is 23.8 Å². The normalized spacial score (nSPS) is 13.7. The van der Waals surface area contributed by atoms with Gasteiger partial charge in [-0.3, -0.25) is 9.59 Å². The molecule has 18 heavy (non-hydrogen) atoms. The fraction of sp³-hybridized carbons (Fsp3) is 0.385. The number of carbonyl (C=O) groups is 2. The van der Waals surface area contributed by atoms with Gasteiger partial charge in [-0.1, -0.05) is 0 Å². The Kier molecular flexibility index (Phi) is 3.34. The van der Waals surface area contributed by atoms with Crippen LogP contribution in [0.2, 0.25) is 0 Å². The van der Waals surface area contributed by atoms with Gasteiger partial charge in [0.2, 0.25) is 11.8 Å². The van der Waals surface area contributed by atoms with Gasteiger partial charge >= 0.3 is 0 Å². The summed E-state index contributed by atoms with van der Waals surface area (Å²) < 4.78 is 0. The highest BCUT2D eigenvalue weighted by atomic mass is 16.3. The molecule has 0 aliphatic carbocycles. The molecule has 2 rings (SSSR count). The van der Waals surface area contributed by atoms with E-state index in [2.05, 4.69) is 0 Å². The van der Waals surface area contributed by atoms with Crippen LogP contribution in [-0.4, -0.2) is 37.6 Å². The largest absolute Gasteiger partial charge is 0.396 e.